The highest BCUT2D eigenvalue weighted by Crippen LogP contribution is 2.20. The molecule has 0 aliphatic heterocycles. The van der Waals surface area contributed by atoms with E-state index >= 15 is 0 Å². The van der Waals surface area contributed by atoms with E-state index in [4.69, 9.17) is 0 Å². The standard InChI is InChI=1S/C15H22N6O3/c1-6-19-8-13(10(2)16-19)7-18(5)15(22)12(4)20-9-14(21(23)24)11(3)17-20/h8-9,12H,6-7H2,1-5H3. The van der Waals surface area contributed by atoms with Crippen molar-refractivity contribution in [2.75, 3.05) is 7.05 Å². The molecule has 0 saturated carbocycles. The Morgan fingerprint density at radius 1 is 1.33 bits per heavy atom. The van der Waals surface area contributed by atoms with E-state index < -0.39 is 11.0 Å². The topological polar surface area (TPSA) is 99.1 Å². The SMILES string of the molecule is CCn1cc(CN(C)C(=O)C(C)n2cc([N+](=O)[O-])c(C)n2)c(C)n1. The van der Waals surface area contributed by atoms with Crippen molar-refractivity contribution in [1.29, 1.82) is 0 Å². The molecule has 0 spiro atoms. The Morgan fingerprint density at radius 2 is 2.00 bits per heavy atom. The van der Waals surface area contributed by atoms with Gasteiger partial charge in [-0.05, 0) is 27.7 Å². The zero-order valence-electron chi connectivity index (χ0n) is 14.6. The third-order valence-corrected chi connectivity index (χ3v) is 4.00. The summed E-state index contributed by atoms with van der Waals surface area (Å²) in [6.07, 6.45) is 3.22. The molecule has 1 atom stereocenters. The van der Waals surface area contributed by atoms with Crippen LogP contribution in [0.4, 0.5) is 5.69 Å². The third kappa shape index (κ3) is 3.44. The van der Waals surface area contributed by atoms with Crippen LogP contribution in [-0.2, 0) is 17.9 Å². The third-order valence-electron chi connectivity index (χ3n) is 4.00. The van der Waals surface area contributed by atoms with Crippen LogP contribution < -0.4 is 0 Å². The van der Waals surface area contributed by atoms with Crippen molar-refractivity contribution in [3.63, 3.8) is 0 Å². The molecule has 2 aromatic heterocycles. The molecule has 0 bridgehead atoms. The van der Waals surface area contributed by atoms with Crippen molar-refractivity contribution in [2.24, 2.45) is 0 Å². The molecule has 0 saturated heterocycles. The molecule has 24 heavy (non-hydrogen) atoms. The van der Waals surface area contributed by atoms with Crippen LogP contribution in [0.25, 0.3) is 0 Å². The van der Waals surface area contributed by atoms with E-state index in [0.29, 0.717) is 12.2 Å². The number of hydrogen-bond donors (Lipinski definition) is 0. The quantitative estimate of drug-likeness (QED) is 0.593. The van der Waals surface area contributed by atoms with Gasteiger partial charge in [0.15, 0.2) is 0 Å². The molecule has 0 N–H and O–H groups in total. The maximum atomic E-state index is 12.6. The number of nitro groups is 1. The van der Waals surface area contributed by atoms with Gasteiger partial charge in [0.05, 0.1) is 10.6 Å². The Hall–Kier alpha value is -2.71. The highest BCUT2D eigenvalue weighted by Gasteiger charge is 2.24. The zero-order valence-corrected chi connectivity index (χ0v) is 14.6. The maximum absolute atomic E-state index is 12.6. The van der Waals surface area contributed by atoms with Crippen molar-refractivity contribution in [2.45, 2.75) is 46.8 Å². The van der Waals surface area contributed by atoms with E-state index in [2.05, 4.69) is 10.2 Å². The minimum absolute atomic E-state index is 0.0858. The lowest BCUT2D eigenvalue weighted by Gasteiger charge is -2.21. The van der Waals surface area contributed by atoms with Crippen molar-refractivity contribution >= 4 is 11.6 Å². The molecule has 9 heteroatoms. The second kappa shape index (κ2) is 6.81. The number of likely N-dealkylation sites (N-methyl/N-ethyl adjacent to an activating group) is 1. The second-order valence-corrected chi connectivity index (χ2v) is 5.80. The molecule has 0 fully saturated rings. The normalized spacial score (nSPS) is 12.2. The predicted octanol–water partition coefficient (Wildman–Crippen LogP) is 1.84. The van der Waals surface area contributed by atoms with E-state index in [-0.39, 0.29) is 11.6 Å². The Morgan fingerprint density at radius 3 is 2.50 bits per heavy atom. The van der Waals surface area contributed by atoms with Gasteiger partial charge in [-0.2, -0.15) is 10.2 Å². The van der Waals surface area contributed by atoms with Gasteiger partial charge in [-0.3, -0.25) is 24.3 Å². The average molecular weight is 334 g/mol. The molecule has 2 heterocycles. The van der Waals surface area contributed by atoms with Crippen LogP contribution in [0.3, 0.4) is 0 Å². The summed E-state index contributed by atoms with van der Waals surface area (Å²) in [7, 11) is 1.70. The number of aromatic nitrogens is 4. The number of carbonyl (C=O) groups is 1. The van der Waals surface area contributed by atoms with Gasteiger partial charge in [0, 0.05) is 31.9 Å². The summed E-state index contributed by atoms with van der Waals surface area (Å²) in [6.45, 7) is 8.33. The number of carbonyl (C=O) groups excluding carboxylic acids is 1. The fourth-order valence-electron chi connectivity index (χ4n) is 2.49. The zero-order chi connectivity index (χ0) is 18.0. The second-order valence-electron chi connectivity index (χ2n) is 5.80. The van der Waals surface area contributed by atoms with Crippen LogP contribution in [0.1, 0.15) is 36.8 Å². The van der Waals surface area contributed by atoms with Crippen LogP contribution in [0.15, 0.2) is 12.4 Å². The Balaban J connectivity index is 2.13. The number of nitrogens with zero attached hydrogens (tertiary/aromatic N) is 6. The van der Waals surface area contributed by atoms with Crippen LogP contribution in [0.5, 0.6) is 0 Å². The molecular formula is C15H22N6O3. The van der Waals surface area contributed by atoms with Gasteiger partial charge < -0.3 is 4.90 Å². The van der Waals surface area contributed by atoms with E-state index in [1.807, 2.05) is 24.7 Å². The van der Waals surface area contributed by atoms with Crippen molar-refractivity contribution in [3.05, 3.63) is 39.5 Å². The van der Waals surface area contributed by atoms with E-state index in [9.17, 15) is 14.9 Å². The number of aryl methyl sites for hydroxylation is 3. The van der Waals surface area contributed by atoms with Gasteiger partial charge in [-0.15, -0.1) is 0 Å². The number of hydrogen-bond acceptors (Lipinski definition) is 5. The first-order valence-electron chi connectivity index (χ1n) is 7.72. The Labute approximate surface area is 140 Å². The lowest BCUT2D eigenvalue weighted by Crippen LogP contribution is -2.33. The molecule has 1 amide bonds. The van der Waals surface area contributed by atoms with Crippen LogP contribution in [0.2, 0.25) is 0 Å². The lowest BCUT2D eigenvalue weighted by molar-refractivity contribution is -0.385. The Bertz CT molecular complexity index is 763. The molecule has 2 rings (SSSR count). The number of amides is 1. The van der Waals surface area contributed by atoms with E-state index in [1.165, 1.54) is 10.9 Å². The first-order valence-corrected chi connectivity index (χ1v) is 7.72. The van der Waals surface area contributed by atoms with Crippen LogP contribution >= 0.6 is 0 Å². The summed E-state index contributed by atoms with van der Waals surface area (Å²) in [6, 6.07) is -0.621. The summed E-state index contributed by atoms with van der Waals surface area (Å²) in [5, 5.41) is 19.4. The Kier molecular flexibility index (Phi) is 5.01. The highest BCUT2D eigenvalue weighted by molar-refractivity contribution is 5.79. The summed E-state index contributed by atoms with van der Waals surface area (Å²) < 4.78 is 3.17. The average Bonchev–Trinajstić information content (AvgIpc) is 3.09. The van der Waals surface area contributed by atoms with Gasteiger partial charge in [0.2, 0.25) is 5.91 Å². The molecule has 0 aromatic carbocycles. The molecular weight excluding hydrogens is 312 g/mol. The molecule has 0 aliphatic rings. The largest absolute Gasteiger partial charge is 0.339 e. The highest BCUT2D eigenvalue weighted by atomic mass is 16.6. The van der Waals surface area contributed by atoms with Gasteiger partial charge in [-0.25, -0.2) is 0 Å². The fourth-order valence-corrected chi connectivity index (χ4v) is 2.49. The molecule has 0 radical (unpaired) electrons. The lowest BCUT2D eigenvalue weighted by atomic mass is 10.2. The molecule has 0 aliphatic carbocycles. The first kappa shape index (κ1) is 17.6. The van der Waals surface area contributed by atoms with Crippen LogP contribution in [-0.4, -0.2) is 42.3 Å². The van der Waals surface area contributed by atoms with Crippen molar-refractivity contribution < 1.29 is 9.72 Å². The van der Waals surface area contributed by atoms with Crippen molar-refractivity contribution in [3.8, 4) is 0 Å². The first-order chi connectivity index (χ1) is 11.2. The summed E-state index contributed by atoms with van der Waals surface area (Å²) in [4.78, 5) is 24.6. The maximum Gasteiger partial charge on any atom is 0.309 e. The van der Waals surface area contributed by atoms with E-state index in [1.54, 1.807) is 25.8 Å². The summed E-state index contributed by atoms with van der Waals surface area (Å²) in [5.41, 5.74) is 2.07. The van der Waals surface area contributed by atoms with Crippen molar-refractivity contribution in [1.82, 2.24) is 24.5 Å². The van der Waals surface area contributed by atoms with Gasteiger partial charge >= 0.3 is 5.69 Å². The van der Waals surface area contributed by atoms with Gasteiger partial charge in [0.25, 0.3) is 0 Å². The fraction of sp³-hybridized carbons (Fsp3) is 0.533. The van der Waals surface area contributed by atoms with Gasteiger partial charge in [0.1, 0.15) is 17.9 Å². The molecule has 1 unspecified atom stereocenters. The smallest absolute Gasteiger partial charge is 0.309 e. The molecule has 9 nitrogen and oxygen atoms in total. The predicted molar refractivity (Wildman–Crippen MR) is 87.4 cm³/mol. The molecule has 2 aromatic rings. The minimum atomic E-state index is -0.621. The molecule has 130 valence electrons. The van der Waals surface area contributed by atoms with Gasteiger partial charge in [-0.1, -0.05) is 0 Å². The number of rotatable bonds is 6. The summed E-state index contributed by atoms with van der Waals surface area (Å²) >= 11 is 0. The minimum Gasteiger partial charge on any atom is -0.339 e. The van der Waals surface area contributed by atoms with E-state index in [0.717, 1.165) is 17.8 Å². The monoisotopic (exact) mass is 334 g/mol. The van der Waals surface area contributed by atoms with Crippen LogP contribution in [0, 0.1) is 24.0 Å². The summed E-state index contributed by atoms with van der Waals surface area (Å²) in [5.74, 6) is -0.170.